The van der Waals surface area contributed by atoms with E-state index in [9.17, 15) is 9.59 Å². The number of benzene rings is 2. The fourth-order valence-electron chi connectivity index (χ4n) is 3.22. The van der Waals surface area contributed by atoms with Crippen LogP contribution in [0.15, 0.2) is 48.5 Å². The Bertz CT molecular complexity index is 767. The molecule has 0 aliphatic heterocycles. The first-order chi connectivity index (χ1) is 12.0. The quantitative estimate of drug-likeness (QED) is 0.843. The van der Waals surface area contributed by atoms with Crippen LogP contribution < -0.4 is 10.1 Å². The molecule has 130 valence electrons. The van der Waals surface area contributed by atoms with Crippen molar-refractivity contribution in [3.05, 3.63) is 65.2 Å². The molecule has 0 heterocycles. The van der Waals surface area contributed by atoms with Crippen LogP contribution >= 0.6 is 0 Å². The molecule has 4 nitrogen and oxygen atoms in total. The third-order valence-corrected chi connectivity index (χ3v) is 4.63. The van der Waals surface area contributed by atoms with Gasteiger partial charge in [0.1, 0.15) is 5.75 Å². The lowest BCUT2D eigenvalue weighted by atomic mass is 9.87. The number of hydrogen-bond acceptors (Lipinski definition) is 3. The van der Waals surface area contributed by atoms with Gasteiger partial charge in [-0.15, -0.1) is 0 Å². The van der Waals surface area contributed by atoms with Gasteiger partial charge in [-0.05, 0) is 68.5 Å². The van der Waals surface area contributed by atoms with Crippen molar-refractivity contribution in [2.24, 2.45) is 0 Å². The van der Waals surface area contributed by atoms with E-state index in [2.05, 4.69) is 17.4 Å². The van der Waals surface area contributed by atoms with E-state index in [0.717, 1.165) is 19.3 Å². The van der Waals surface area contributed by atoms with Crippen LogP contribution in [-0.2, 0) is 11.2 Å². The Morgan fingerprint density at radius 2 is 1.84 bits per heavy atom. The summed E-state index contributed by atoms with van der Waals surface area (Å²) in [6.45, 7) is 3.26. The molecule has 0 saturated heterocycles. The molecule has 0 saturated carbocycles. The third-order valence-electron chi connectivity index (χ3n) is 4.63. The van der Waals surface area contributed by atoms with E-state index >= 15 is 0 Å². The SMILES string of the molecule is CC(=O)c1ccc(O[C@@H](C)C(=O)N[C@@H]2CCCc3ccccc32)cc1. The van der Waals surface area contributed by atoms with Crippen molar-refractivity contribution in [3.63, 3.8) is 0 Å². The summed E-state index contributed by atoms with van der Waals surface area (Å²) in [5.74, 6) is 0.461. The standard InChI is InChI=1S/C21H23NO3/c1-14(23)16-10-12-18(13-11-16)25-15(2)21(24)22-20-9-5-7-17-6-3-4-8-19(17)20/h3-4,6,8,10-13,15,20H,5,7,9H2,1-2H3,(H,22,24)/t15-,20+/m0/s1. The number of carbonyl (C=O) groups excluding carboxylic acids is 2. The number of amides is 1. The highest BCUT2D eigenvalue weighted by atomic mass is 16.5. The predicted molar refractivity (Wildman–Crippen MR) is 96.8 cm³/mol. The molecule has 0 spiro atoms. The van der Waals surface area contributed by atoms with Gasteiger partial charge in [-0.3, -0.25) is 9.59 Å². The van der Waals surface area contributed by atoms with Gasteiger partial charge in [0.05, 0.1) is 6.04 Å². The molecule has 0 radical (unpaired) electrons. The Balaban J connectivity index is 1.62. The van der Waals surface area contributed by atoms with E-state index in [-0.39, 0.29) is 17.7 Å². The summed E-state index contributed by atoms with van der Waals surface area (Å²) in [6.07, 6.45) is 2.49. The molecule has 4 heteroatoms. The summed E-state index contributed by atoms with van der Waals surface area (Å²) in [7, 11) is 0. The summed E-state index contributed by atoms with van der Waals surface area (Å²) in [5, 5.41) is 3.11. The second kappa shape index (κ2) is 7.51. The van der Waals surface area contributed by atoms with Crippen LogP contribution in [0.3, 0.4) is 0 Å². The van der Waals surface area contributed by atoms with E-state index in [1.807, 2.05) is 12.1 Å². The molecule has 3 rings (SSSR count). The van der Waals surface area contributed by atoms with E-state index in [4.69, 9.17) is 4.74 Å². The number of rotatable bonds is 5. The van der Waals surface area contributed by atoms with Crippen molar-refractivity contribution in [2.75, 3.05) is 0 Å². The van der Waals surface area contributed by atoms with E-state index in [0.29, 0.717) is 11.3 Å². The fraction of sp³-hybridized carbons (Fsp3) is 0.333. The van der Waals surface area contributed by atoms with Gasteiger partial charge in [-0.1, -0.05) is 24.3 Å². The van der Waals surface area contributed by atoms with Crippen molar-refractivity contribution in [1.82, 2.24) is 5.32 Å². The Labute approximate surface area is 148 Å². The number of fused-ring (bicyclic) bond motifs is 1. The molecule has 2 aromatic rings. The predicted octanol–water partition coefficient (Wildman–Crippen LogP) is 3.85. The number of ketones is 1. The van der Waals surface area contributed by atoms with Crippen molar-refractivity contribution in [2.45, 2.75) is 45.3 Å². The first-order valence-corrected chi connectivity index (χ1v) is 8.70. The van der Waals surface area contributed by atoms with Gasteiger partial charge in [0.15, 0.2) is 11.9 Å². The molecule has 1 aliphatic carbocycles. The molecule has 0 bridgehead atoms. The number of aryl methyl sites for hydroxylation is 1. The number of carbonyl (C=O) groups is 2. The molecule has 0 unspecified atom stereocenters. The third kappa shape index (κ3) is 4.08. The topological polar surface area (TPSA) is 55.4 Å². The summed E-state index contributed by atoms with van der Waals surface area (Å²) in [4.78, 5) is 23.8. The highest BCUT2D eigenvalue weighted by molar-refractivity contribution is 5.94. The van der Waals surface area contributed by atoms with Crippen LogP contribution in [0.5, 0.6) is 5.75 Å². The minimum atomic E-state index is -0.600. The Kier molecular flexibility index (Phi) is 5.17. The molecule has 2 aromatic carbocycles. The number of Topliss-reactive ketones (excluding diaryl/α,β-unsaturated/α-hetero) is 1. The molecule has 25 heavy (non-hydrogen) atoms. The Morgan fingerprint density at radius 3 is 2.56 bits per heavy atom. The van der Waals surface area contributed by atoms with Crippen LogP contribution in [0.4, 0.5) is 0 Å². The zero-order valence-electron chi connectivity index (χ0n) is 14.6. The number of ether oxygens (including phenoxy) is 1. The minimum Gasteiger partial charge on any atom is -0.481 e. The van der Waals surface area contributed by atoms with Crippen molar-refractivity contribution >= 4 is 11.7 Å². The summed E-state index contributed by atoms with van der Waals surface area (Å²) < 4.78 is 5.72. The molecular weight excluding hydrogens is 314 g/mol. The maximum Gasteiger partial charge on any atom is 0.261 e. The van der Waals surface area contributed by atoms with Gasteiger partial charge < -0.3 is 10.1 Å². The van der Waals surface area contributed by atoms with Crippen LogP contribution in [0.2, 0.25) is 0 Å². The molecule has 1 N–H and O–H groups in total. The Morgan fingerprint density at radius 1 is 1.12 bits per heavy atom. The molecule has 1 aliphatic rings. The second-order valence-corrected chi connectivity index (χ2v) is 6.49. The van der Waals surface area contributed by atoms with Crippen LogP contribution in [0.1, 0.15) is 54.2 Å². The highest BCUT2D eigenvalue weighted by Gasteiger charge is 2.24. The van der Waals surface area contributed by atoms with Gasteiger partial charge >= 0.3 is 0 Å². The summed E-state index contributed by atoms with van der Waals surface area (Å²) >= 11 is 0. The maximum absolute atomic E-state index is 12.5. The molecule has 0 aromatic heterocycles. The first kappa shape index (κ1) is 17.2. The second-order valence-electron chi connectivity index (χ2n) is 6.49. The van der Waals surface area contributed by atoms with Gasteiger partial charge in [0.2, 0.25) is 0 Å². The minimum absolute atomic E-state index is 0.00769. The van der Waals surface area contributed by atoms with Crippen LogP contribution in [0, 0.1) is 0 Å². The smallest absolute Gasteiger partial charge is 0.261 e. The lowest BCUT2D eigenvalue weighted by Gasteiger charge is -2.27. The first-order valence-electron chi connectivity index (χ1n) is 8.70. The van der Waals surface area contributed by atoms with E-state index in [1.165, 1.54) is 18.1 Å². The van der Waals surface area contributed by atoms with Gasteiger partial charge in [0, 0.05) is 5.56 Å². The average molecular weight is 337 g/mol. The molecule has 1 amide bonds. The van der Waals surface area contributed by atoms with E-state index < -0.39 is 6.10 Å². The summed E-state index contributed by atoms with van der Waals surface area (Å²) in [6, 6.07) is 15.2. The fourth-order valence-corrected chi connectivity index (χ4v) is 3.22. The highest BCUT2D eigenvalue weighted by Crippen LogP contribution is 2.29. The zero-order valence-corrected chi connectivity index (χ0v) is 14.6. The van der Waals surface area contributed by atoms with Crippen molar-refractivity contribution < 1.29 is 14.3 Å². The largest absolute Gasteiger partial charge is 0.481 e. The number of nitrogens with one attached hydrogen (secondary N) is 1. The molecule has 2 atom stereocenters. The zero-order chi connectivity index (χ0) is 17.8. The lowest BCUT2D eigenvalue weighted by molar-refractivity contribution is -0.128. The summed E-state index contributed by atoms with van der Waals surface area (Å²) in [5.41, 5.74) is 3.15. The Hall–Kier alpha value is -2.62. The lowest BCUT2D eigenvalue weighted by Crippen LogP contribution is -2.39. The normalized spacial score (nSPS) is 17.3. The van der Waals surface area contributed by atoms with Crippen molar-refractivity contribution in [3.8, 4) is 5.75 Å². The monoisotopic (exact) mass is 337 g/mol. The van der Waals surface area contributed by atoms with Gasteiger partial charge in [-0.25, -0.2) is 0 Å². The molecular formula is C21H23NO3. The van der Waals surface area contributed by atoms with Gasteiger partial charge in [-0.2, -0.15) is 0 Å². The maximum atomic E-state index is 12.5. The van der Waals surface area contributed by atoms with Gasteiger partial charge in [0.25, 0.3) is 5.91 Å². The van der Waals surface area contributed by atoms with Crippen LogP contribution in [0.25, 0.3) is 0 Å². The van der Waals surface area contributed by atoms with Crippen molar-refractivity contribution in [1.29, 1.82) is 0 Å². The van der Waals surface area contributed by atoms with E-state index in [1.54, 1.807) is 31.2 Å². The average Bonchev–Trinajstić information content (AvgIpc) is 2.62. The molecule has 0 fully saturated rings. The number of hydrogen-bond donors (Lipinski definition) is 1. The van der Waals surface area contributed by atoms with Crippen LogP contribution in [-0.4, -0.2) is 17.8 Å².